The Balaban J connectivity index is 2.25. The molecule has 4 nitrogen and oxygen atoms in total. The predicted octanol–water partition coefficient (Wildman–Crippen LogP) is 4.13. The molecular weight excluding hydrogens is 388 g/mol. The van der Waals surface area contributed by atoms with Gasteiger partial charge in [-0.1, -0.05) is 0 Å². The van der Waals surface area contributed by atoms with Crippen LogP contribution in [0.15, 0.2) is 39.4 Å². The minimum Gasteiger partial charge on any atom is -0.496 e. The normalized spacial score (nSPS) is 10.4. The molecule has 0 fully saturated rings. The molecule has 0 saturated heterocycles. The number of methoxy groups -OCH3 is 1. The highest BCUT2D eigenvalue weighted by Crippen LogP contribution is 2.37. The van der Waals surface area contributed by atoms with Gasteiger partial charge in [-0.3, -0.25) is 0 Å². The van der Waals surface area contributed by atoms with Gasteiger partial charge in [-0.05, 0) is 62.7 Å². The van der Waals surface area contributed by atoms with Crippen LogP contribution in [0.3, 0.4) is 0 Å². The van der Waals surface area contributed by atoms with Gasteiger partial charge < -0.3 is 14.8 Å². The van der Waals surface area contributed by atoms with E-state index in [1.54, 1.807) is 13.3 Å². The van der Waals surface area contributed by atoms with Crippen molar-refractivity contribution in [2.75, 3.05) is 14.2 Å². The zero-order valence-electron chi connectivity index (χ0n) is 11.1. The lowest BCUT2D eigenvalue weighted by Gasteiger charge is -2.11. The molecule has 106 valence electrons. The van der Waals surface area contributed by atoms with E-state index in [1.807, 2.05) is 31.3 Å². The number of pyridine rings is 1. The summed E-state index contributed by atoms with van der Waals surface area (Å²) in [6, 6.07) is 7.54. The molecule has 0 bridgehead atoms. The summed E-state index contributed by atoms with van der Waals surface area (Å²) in [6.07, 6.45) is 1.73. The maximum atomic E-state index is 5.81. The summed E-state index contributed by atoms with van der Waals surface area (Å²) < 4.78 is 12.7. The van der Waals surface area contributed by atoms with E-state index < -0.39 is 0 Å². The Kier molecular flexibility index (Phi) is 5.39. The Morgan fingerprint density at radius 1 is 1.15 bits per heavy atom. The number of hydrogen-bond donors (Lipinski definition) is 1. The van der Waals surface area contributed by atoms with Gasteiger partial charge in [-0.2, -0.15) is 0 Å². The molecule has 1 N–H and O–H groups in total. The third kappa shape index (κ3) is 3.71. The lowest BCUT2D eigenvalue weighted by atomic mass is 10.2. The molecule has 0 atom stereocenters. The molecule has 0 spiro atoms. The van der Waals surface area contributed by atoms with Crippen LogP contribution in [0.1, 0.15) is 5.56 Å². The van der Waals surface area contributed by atoms with Crippen molar-refractivity contribution >= 4 is 31.9 Å². The Labute approximate surface area is 134 Å². The van der Waals surface area contributed by atoms with Gasteiger partial charge in [0.2, 0.25) is 5.88 Å². The van der Waals surface area contributed by atoms with E-state index in [9.17, 15) is 0 Å². The number of ether oxygens (including phenoxy) is 2. The van der Waals surface area contributed by atoms with Crippen molar-refractivity contribution in [1.29, 1.82) is 0 Å². The first-order chi connectivity index (χ1) is 9.63. The maximum Gasteiger partial charge on any atom is 0.219 e. The monoisotopic (exact) mass is 400 g/mol. The van der Waals surface area contributed by atoms with E-state index in [-0.39, 0.29) is 0 Å². The van der Waals surface area contributed by atoms with Crippen LogP contribution in [0.25, 0.3) is 0 Å². The molecule has 1 aromatic carbocycles. The average Bonchev–Trinajstić information content (AvgIpc) is 2.43. The number of rotatable bonds is 5. The van der Waals surface area contributed by atoms with Gasteiger partial charge in [0.15, 0.2) is 0 Å². The number of nitrogens with one attached hydrogen (secondary N) is 1. The van der Waals surface area contributed by atoms with Gasteiger partial charge in [-0.15, -0.1) is 0 Å². The van der Waals surface area contributed by atoms with Gasteiger partial charge in [0.05, 0.1) is 16.1 Å². The van der Waals surface area contributed by atoms with Crippen LogP contribution in [-0.4, -0.2) is 19.1 Å². The van der Waals surface area contributed by atoms with Gasteiger partial charge >= 0.3 is 0 Å². The third-order valence-electron chi connectivity index (χ3n) is 2.60. The van der Waals surface area contributed by atoms with Crippen LogP contribution in [0.5, 0.6) is 17.4 Å². The lowest BCUT2D eigenvalue weighted by molar-refractivity contribution is 0.408. The van der Waals surface area contributed by atoms with Crippen molar-refractivity contribution in [2.24, 2.45) is 0 Å². The largest absolute Gasteiger partial charge is 0.496 e. The zero-order valence-corrected chi connectivity index (χ0v) is 14.3. The van der Waals surface area contributed by atoms with E-state index >= 15 is 0 Å². The molecule has 0 amide bonds. The highest BCUT2D eigenvalue weighted by molar-refractivity contribution is 9.11. The molecule has 2 rings (SSSR count). The molecule has 0 saturated carbocycles. The average molecular weight is 402 g/mol. The lowest BCUT2D eigenvalue weighted by Crippen LogP contribution is -2.05. The Hall–Kier alpha value is -1.11. The summed E-state index contributed by atoms with van der Waals surface area (Å²) in [5.41, 5.74) is 1.11. The molecule has 1 aromatic heterocycles. The molecule has 0 aliphatic carbocycles. The fraction of sp³-hybridized carbons (Fsp3) is 0.214. The second kappa shape index (κ2) is 7.06. The Morgan fingerprint density at radius 2 is 1.85 bits per heavy atom. The smallest absolute Gasteiger partial charge is 0.219 e. The predicted molar refractivity (Wildman–Crippen MR) is 85.5 cm³/mol. The first-order valence-corrected chi connectivity index (χ1v) is 7.53. The Bertz CT molecular complexity index is 606. The molecule has 0 radical (unpaired) electrons. The van der Waals surface area contributed by atoms with Gasteiger partial charge in [0, 0.05) is 18.8 Å². The summed E-state index contributed by atoms with van der Waals surface area (Å²) >= 11 is 6.90. The minimum atomic E-state index is 0.551. The summed E-state index contributed by atoms with van der Waals surface area (Å²) in [4.78, 5) is 4.21. The molecule has 6 heteroatoms. The van der Waals surface area contributed by atoms with E-state index in [0.29, 0.717) is 11.6 Å². The quantitative estimate of drug-likeness (QED) is 0.817. The van der Waals surface area contributed by atoms with Crippen LogP contribution in [0.2, 0.25) is 0 Å². The Morgan fingerprint density at radius 3 is 2.55 bits per heavy atom. The van der Waals surface area contributed by atoms with Crippen LogP contribution in [-0.2, 0) is 6.54 Å². The minimum absolute atomic E-state index is 0.551. The summed E-state index contributed by atoms with van der Waals surface area (Å²) in [5, 5.41) is 3.09. The molecule has 2 aromatic rings. The first-order valence-electron chi connectivity index (χ1n) is 5.94. The fourth-order valence-corrected chi connectivity index (χ4v) is 2.57. The van der Waals surface area contributed by atoms with E-state index in [1.165, 1.54) is 0 Å². The number of benzene rings is 1. The fourth-order valence-electron chi connectivity index (χ4n) is 1.68. The van der Waals surface area contributed by atoms with Crippen LogP contribution < -0.4 is 14.8 Å². The second-order valence-corrected chi connectivity index (χ2v) is 5.76. The molecule has 0 aliphatic rings. The summed E-state index contributed by atoms with van der Waals surface area (Å²) in [5.74, 6) is 1.96. The summed E-state index contributed by atoms with van der Waals surface area (Å²) in [7, 11) is 3.52. The van der Waals surface area contributed by atoms with E-state index in [4.69, 9.17) is 9.47 Å². The first kappa shape index (κ1) is 15.3. The SMILES string of the molecule is CNCc1ccnc(Oc2cc(Br)c(OC)cc2Br)c1. The highest BCUT2D eigenvalue weighted by atomic mass is 79.9. The molecule has 0 aliphatic heterocycles. The van der Waals surface area contributed by atoms with Crippen LogP contribution >= 0.6 is 31.9 Å². The highest BCUT2D eigenvalue weighted by Gasteiger charge is 2.10. The van der Waals surface area contributed by atoms with E-state index in [0.717, 1.165) is 26.8 Å². The molecule has 1 heterocycles. The van der Waals surface area contributed by atoms with E-state index in [2.05, 4.69) is 42.2 Å². The molecular formula is C14H14Br2N2O2. The third-order valence-corrected chi connectivity index (χ3v) is 3.84. The second-order valence-electron chi connectivity index (χ2n) is 4.05. The number of hydrogen-bond acceptors (Lipinski definition) is 4. The number of nitrogens with zero attached hydrogens (tertiary/aromatic N) is 1. The standard InChI is InChI=1S/C14H14Br2N2O2/c1-17-8-9-3-4-18-14(5-9)20-13-7-10(15)12(19-2)6-11(13)16/h3-7,17H,8H2,1-2H3. The topological polar surface area (TPSA) is 43.4 Å². The van der Waals surface area contributed by atoms with Crippen molar-refractivity contribution in [2.45, 2.75) is 6.54 Å². The zero-order chi connectivity index (χ0) is 14.5. The molecule has 0 unspecified atom stereocenters. The van der Waals surface area contributed by atoms with Gasteiger partial charge in [0.25, 0.3) is 0 Å². The van der Waals surface area contributed by atoms with Crippen molar-refractivity contribution in [3.05, 3.63) is 45.0 Å². The van der Waals surface area contributed by atoms with Crippen molar-refractivity contribution in [3.8, 4) is 17.4 Å². The van der Waals surface area contributed by atoms with Crippen molar-refractivity contribution < 1.29 is 9.47 Å². The summed E-state index contributed by atoms with van der Waals surface area (Å²) in [6.45, 7) is 0.770. The number of aromatic nitrogens is 1. The van der Waals surface area contributed by atoms with Gasteiger partial charge in [-0.25, -0.2) is 4.98 Å². The maximum absolute atomic E-state index is 5.81. The van der Waals surface area contributed by atoms with Gasteiger partial charge in [0.1, 0.15) is 11.5 Å². The molecule has 20 heavy (non-hydrogen) atoms. The number of halogens is 2. The van der Waals surface area contributed by atoms with Crippen LogP contribution in [0.4, 0.5) is 0 Å². The van der Waals surface area contributed by atoms with Crippen molar-refractivity contribution in [1.82, 2.24) is 10.3 Å². The van der Waals surface area contributed by atoms with Crippen molar-refractivity contribution in [3.63, 3.8) is 0 Å². The van der Waals surface area contributed by atoms with Crippen LogP contribution in [0, 0.1) is 0 Å².